The highest BCUT2D eigenvalue weighted by atomic mass is 15.3. The molecule has 1 heterocycles. The van der Waals surface area contributed by atoms with Crippen LogP contribution in [0, 0.1) is 11.8 Å². The average molecular weight is 222 g/mol. The normalized spacial score (nSPS) is 48.8. The summed E-state index contributed by atoms with van der Waals surface area (Å²) in [5, 5.41) is 0. The van der Waals surface area contributed by atoms with Crippen LogP contribution >= 0.6 is 0 Å². The molecule has 2 saturated carbocycles. The van der Waals surface area contributed by atoms with Gasteiger partial charge >= 0.3 is 0 Å². The van der Waals surface area contributed by atoms with Gasteiger partial charge in [-0.25, -0.2) is 0 Å². The summed E-state index contributed by atoms with van der Waals surface area (Å²) in [6, 6.07) is 0.893. The fourth-order valence-corrected chi connectivity index (χ4v) is 4.75. The molecule has 0 bridgehead atoms. The zero-order valence-electron chi connectivity index (χ0n) is 10.6. The molecule has 16 heavy (non-hydrogen) atoms. The first-order valence-electron chi connectivity index (χ1n) is 7.22. The van der Waals surface area contributed by atoms with Crippen molar-refractivity contribution < 1.29 is 0 Å². The minimum Gasteiger partial charge on any atom is -0.329 e. The highest BCUT2D eigenvalue weighted by molar-refractivity contribution is 5.07. The van der Waals surface area contributed by atoms with Gasteiger partial charge in [-0.1, -0.05) is 19.8 Å². The van der Waals surface area contributed by atoms with Crippen LogP contribution < -0.4 is 5.73 Å². The number of nitrogens with zero attached hydrogens (tertiary/aromatic N) is 1. The first kappa shape index (κ1) is 11.0. The molecular weight excluding hydrogens is 196 g/mol. The first-order valence-corrected chi connectivity index (χ1v) is 7.22. The molecule has 0 radical (unpaired) electrons. The summed E-state index contributed by atoms with van der Waals surface area (Å²) in [4.78, 5) is 2.83. The lowest BCUT2D eigenvalue weighted by Crippen LogP contribution is -2.63. The van der Waals surface area contributed by atoms with Gasteiger partial charge in [0.25, 0.3) is 0 Å². The van der Waals surface area contributed by atoms with E-state index < -0.39 is 0 Å². The highest BCUT2D eigenvalue weighted by Gasteiger charge is 2.51. The second kappa shape index (κ2) is 3.99. The summed E-state index contributed by atoms with van der Waals surface area (Å²) < 4.78 is 0. The maximum Gasteiger partial charge on any atom is 0.0339 e. The summed E-state index contributed by atoms with van der Waals surface area (Å²) in [7, 11) is 0. The third-order valence-electron chi connectivity index (χ3n) is 5.46. The third-order valence-corrected chi connectivity index (χ3v) is 5.46. The van der Waals surface area contributed by atoms with Crippen molar-refractivity contribution >= 4 is 0 Å². The Kier molecular flexibility index (Phi) is 2.75. The van der Waals surface area contributed by atoms with Gasteiger partial charge in [-0.3, -0.25) is 4.90 Å². The Labute approximate surface area is 99.6 Å². The molecule has 92 valence electrons. The van der Waals surface area contributed by atoms with E-state index in [0.717, 1.165) is 24.4 Å². The fraction of sp³-hybridized carbons (Fsp3) is 1.00. The minimum absolute atomic E-state index is 0.413. The van der Waals surface area contributed by atoms with Gasteiger partial charge in [0.2, 0.25) is 0 Å². The van der Waals surface area contributed by atoms with Gasteiger partial charge < -0.3 is 5.73 Å². The van der Waals surface area contributed by atoms with Crippen LogP contribution in [0.4, 0.5) is 0 Å². The van der Waals surface area contributed by atoms with E-state index in [9.17, 15) is 0 Å². The van der Waals surface area contributed by atoms with Gasteiger partial charge in [0.05, 0.1) is 0 Å². The topological polar surface area (TPSA) is 29.3 Å². The third kappa shape index (κ3) is 1.53. The lowest BCUT2D eigenvalue weighted by Gasteiger charge is -2.55. The van der Waals surface area contributed by atoms with Gasteiger partial charge in [-0.2, -0.15) is 0 Å². The Balaban J connectivity index is 1.74. The Morgan fingerprint density at radius 2 is 1.94 bits per heavy atom. The molecule has 2 aliphatic carbocycles. The Hall–Kier alpha value is -0.0800. The summed E-state index contributed by atoms with van der Waals surface area (Å²) in [5.41, 5.74) is 6.50. The van der Waals surface area contributed by atoms with Gasteiger partial charge in [-0.15, -0.1) is 0 Å². The molecule has 0 amide bonds. The highest BCUT2D eigenvalue weighted by Crippen LogP contribution is 2.48. The monoisotopic (exact) mass is 222 g/mol. The molecule has 2 N–H and O–H groups in total. The molecule has 2 heteroatoms. The van der Waals surface area contributed by atoms with Crippen molar-refractivity contribution in [2.75, 3.05) is 13.1 Å². The Morgan fingerprint density at radius 3 is 2.62 bits per heavy atom. The van der Waals surface area contributed by atoms with Crippen LogP contribution in [0.15, 0.2) is 0 Å². The van der Waals surface area contributed by atoms with Crippen molar-refractivity contribution in [1.29, 1.82) is 0 Å². The summed E-state index contributed by atoms with van der Waals surface area (Å²) in [6.45, 7) is 4.60. The zero-order valence-corrected chi connectivity index (χ0v) is 10.6. The van der Waals surface area contributed by atoms with Crippen LogP contribution in [0.5, 0.6) is 0 Å². The molecule has 2 atom stereocenters. The van der Waals surface area contributed by atoms with Crippen LogP contribution in [0.2, 0.25) is 0 Å². The van der Waals surface area contributed by atoms with Gasteiger partial charge in [0, 0.05) is 18.1 Å². The average Bonchev–Trinajstić information content (AvgIpc) is 2.68. The van der Waals surface area contributed by atoms with Crippen molar-refractivity contribution in [2.24, 2.45) is 17.6 Å². The van der Waals surface area contributed by atoms with E-state index in [0.29, 0.717) is 5.54 Å². The number of hydrogen-bond acceptors (Lipinski definition) is 2. The number of likely N-dealkylation sites (tertiary alicyclic amines) is 1. The van der Waals surface area contributed by atoms with Crippen molar-refractivity contribution in [2.45, 2.75) is 63.5 Å². The number of hydrogen-bond donors (Lipinski definition) is 1. The predicted molar refractivity (Wildman–Crippen MR) is 67.3 cm³/mol. The molecule has 3 fully saturated rings. The Bertz CT molecular complexity index is 257. The van der Waals surface area contributed by atoms with Crippen LogP contribution in [-0.4, -0.2) is 29.6 Å². The molecule has 2 unspecified atom stereocenters. The second-order valence-electron chi connectivity index (χ2n) is 6.54. The predicted octanol–water partition coefficient (Wildman–Crippen LogP) is 2.38. The maximum atomic E-state index is 6.09. The molecule has 3 aliphatic rings. The molecular formula is C14H26N2. The SMILES string of the molecule is CC1CC(CN)(N2CCC3CCCCC32)C1. The fourth-order valence-electron chi connectivity index (χ4n) is 4.75. The lowest BCUT2D eigenvalue weighted by atomic mass is 9.67. The molecule has 3 rings (SSSR count). The summed E-state index contributed by atoms with van der Waals surface area (Å²) in [5.74, 6) is 1.92. The van der Waals surface area contributed by atoms with E-state index in [-0.39, 0.29) is 0 Å². The quantitative estimate of drug-likeness (QED) is 0.777. The Morgan fingerprint density at radius 1 is 1.19 bits per heavy atom. The molecule has 2 nitrogen and oxygen atoms in total. The summed E-state index contributed by atoms with van der Waals surface area (Å²) in [6.07, 6.45) is 10.0. The van der Waals surface area contributed by atoms with E-state index >= 15 is 0 Å². The van der Waals surface area contributed by atoms with Crippen LogP contribution in [0.3, 0.4) is 0 Å². The molecule has 0 spiro atoms. The summed E-state index contributed by atoms with van der Waals surface area (Å²) >= 11 is 0. The maximum absolute atomic E-state index is 6.09. The second-order valence-corrected chi connectivity index (χ2v) is 6.54. The number of rotatable bonds is 2. The molecule has 0 aromatic carbocycles. The molecule has 1 saturated heterocycles. The van der Waals surface area contributed by atoms with Crippen molar-refractivity contribution in [1.82, 2.24) is 4.90 Å². The van der Waals surface area contributed by atoms with Gasteiger partial charge in [0.15, 0.2) is 0 Å². The minimum atomic E-state index is 0.413. The van der Waals surface area contributed by atoms with E-state index in [1.165, 1.54) is 51.5 Å². The zero-order chi connectivity index (χ0) is 11.2. The number of nitrogens with two attached hydrogens (primary N) is 1. The van der Waals surface area contributed by atoms with E-state index in [2.05, 4.69) is 11.8 Å². The van der Waals surface area contributed by atoms with E-state index in [4.69, 9.17) is 5.73 Å². The van der Waals surface area contributed by atoms with Gasteiger partial charge in [-0.05, 0) is 50.5 Å². The van der Waals surface area contributed by atoms with Crippen molar-refractivity contribution in [3.8, 4) is 0 Å². The van der Waals surface area contributed by atoms with Crippen LogP contribution in [0.1, 0.15) is 51.9 Å². The van der Waals surface area contributed by atoms with Gasteiger partial charge in [0.1, 0.15) is 0 Å². The largest absolute Gasteiger partial charge is 0.329 e. The number of fused-ring (bicyclic) bond motifs is 1. The smallest absolute Gasteiger partial charge is 0.0339 e. The van der Waals surface area contributed by atoms with Crippen molar-refractivity contribution in [3.63, 3.8) is 0 Å². The van der Waals surface area contributed by atoms with E-state index in [1.54, 1.807) is 0 Å². The lowest BCUT2D eigenvalue weighted by molar-refractivity contribution is -0.0332. The molecule has 1 aliphatic heterocycles. The van der Waals surface area contributed by atoms with E-state index in [1.807, 2.05) is 0 Å². The van der Waals surface area contributed by atoms with Crippen LogP contribution in [-0.2, 0) is 0 Å². The standard InChI is InChI=1S/C14H26N2/c1-11-8-14(9-11,10-15)16-7-6-12-4-2-3-5-13(12)16/h11-13H,2-10,15H2,1H3. The molecule has 0 aromatic rings. The van der Waals surface area contributed by atoms with Crippen molar-refractivity contribution in [3.05, 3.63) is 0 Å². The molecule has 0 aromatic heterocycles. The first-order chi connectivity index (χ1) is 7.75. The van der Waals surface area contributed by atoms with Crippen LogP contribution in [0.25, 0.3) is 0 Å².